The maximum Gasteiger partial charge on any atom is 0.253 e. The third kappa shape index (κ3) is 8.45. The third-order valence-electron chi connectivity index (χ3n) is 2.46. The molecule has 0 saturated heterocycles. The van der Waals surface area contributed by atoms with Gasteiger partial charge in [-0.15, -0.1) is 0 Å². The van der Waals surface area contributed by atoms with E-state index >= 15 is 0 Å². The summed E-state index contributed by atoms with van der Waals surface area (Å²) in [6, 6.07) is 0. The van der Waals surface area contributed by atoms with Crippen molar-refractivity contribution in [2.45, 2.75) is 53.4 Å². The van der Waals surface area contributed by atoms with Gasteiger partial charge in [0.15, 0.2) is 0 Å². The third-order valence-corrected chi connectivity index (χ3v) is 2.46. The van der Waals surface area contributed by atoms with E-state index in [0.29, 0.717) is 13.0 Å². The highest BCUT2D eigenvalue weighted by Crippen LogP contribution is 2.07. The lowest BCUT2D eigenvalue weighted by Gasteiger charge is -2.12. The van der Waals surface area contributed by atoms with Crippen molar-refractivity contribution >= 4 is 17.7 Å². The number of imide groups is 1. The molecule has 5 nitrogen and oxygen atoms in total. The second-order valence-electron chi connectivity index (χ2n) is 3.65. The van der Waals surface area contributed by atoms with Gasteiger partial charge in [0, 0.05) is 32.2 Å². The van der Waals surface area contributed by atoms with E-state index in [9.17, 15) is 14.4 Å². The molecule has 1 N–H and O–H groups in total. The van der Waals surface area contributed by atoms with E-state index < -0.39 is 0 Å². The first-order valence-corrected chi connectivity index (χ1v) is 7.39. The van der Waals surface area contributed by atoms with Crippen molar-refractivity contribution in [2.75, 3.05) is 13.6 Å². The Bertz CT molecular complexity index is 307. The normalized spacial score (nSPS) is 12.3. The number of unbranched alkanes of at least 4 members (excludes halogenated alkanes) is 2. The highest BCUT2D eigenvalue weighted by Gasteiger charge is 2.22. The zero-order chi connectivity index (χ0) is 16.0. The monoisotopic (exact) mass is 284 g/mol. The number of hydrogen-bond acceptors (Lipinski definition) is 3. The van der Waals surface area contributed by atoms with Crippen LogP contribution in [0.2, 0.25) is 0 Å². The molecule has 0 bridgehead atoms. The van der Waals surface area contributed by atoms with Crippen LogP contribution in [0.4, 0.5) is 0 Å². The summed E-state index contributed by atoms with van der Waals surface area (Å²) >= 11 is 0. The largest absolute Gasteiger partial charge is 0.359 e. The highest BCUT2D eigenvalue weighted by molar-refractivity contribution is 6.12. The number of nitrogens with zero attached hydrogens (tertiary/aromatic N) is 1. The van der Waals surface area contributed by atoms with E-state index in [1.54, 1.807) is 7.05 Å². The van der Waals surface area contributed by atoms with Gasteiger partial charge >= 0.3 is 0 Å². The van der Waals surface area contributed by atoms with Crippen molar-refractivity contribution in [3.63, 3.8) is 0 Å². The van der Waals surface area contributed by atoms with Crippen LogP contribution in [0.15, 0.2) is 12.2 Å². The Labute approximate surface area is 122 Å². The molecule has 1 rings (SSSR count). The Morgan fingerprint density at radius 2 is 1.50 bits per heavy atom. The van der Waals surface area contributed by atoms with E-state index in [2.05, 4.69) is 5.32 Å². The van der Waals surface area contributed by atoms with Gasteiger partial charge in [0.25, 0.3) is 11.8 Å². The molecule has 20 heavy (non-hydrogen) atoms. The van der Waals surface area contributed by atoms with Crippen LogP contribution < -0.4 is 5.32 Å². The number of hydrogen-bond donors (Lipinski definition) is 1. The van der Waals surface area contributed by atoms with Crippen LogP contribution in [0, 0.1) is 0 Å². The molecule has 0 aromatic carbocycles. The summed E-state index contributed by atoms with van der Waals surface area (Å²) in [5, 5.41) is 2.54. The Balaban J connectivity index is 0. The van der Waals surface area contributed by atoms with E-state index in [-0.39, 0.29) is 17.7 Å². The zero-order valence-corrected chi connectivity index (χ0v) is 13.4. The molecule has 3 amide bonds. The first-order chi connectivity index (χ1) is 9.65. The Kier molecular flexibility index (Phi) is 14.2. The average molecular weight is 284 g/mol. The summed E-state index contributed by atoms with van der Waals surface area (Å²) < 4.78 is 0. The molecule has 0 aromatic rings. The maximum absolute atomic E-state index is 11.2. The minimum absolute atomic E-state index is 0.0231. The van der Waals surface area contributed by atoms with E-state index in [4.69, 9.17) is 0 Å². The summed E-state index contributed by atoms with van der Waals surface area (Å²) in [5.41, 5.74) is 0. The lowest BCUT2D eigenvalue weighted by atomic mass is 10.2. The van der Waals surface area contributed by atoms with Gasteiger partial charge in [0.05, 0.1) is 0 Å². The lowest BCUT2D eigenvalue weighted by Crippen LogP contribution is -2.30. The minimum Gasteiger partial charge on any atom is -0.359 e. The minimum atomic E-state index is -0.240. The Morgan fingerprint density at radius 1 is 1.00 bits per heavy atom. The van der Waals surface area contributed by atoms with Crippen molar-refractivity contribution in [1.82, 2.24) is 10.2 Å². The molecule has 0 aliphatic carbocycles. The second kappa shape index (κ2) is 13.8. The van der Waals surface area contributed by atoms with Gasteiger partial charge in [0.1, 0.15) is 0 Å². The van der Waals surface area contributed by atoms with E-state index in [0.717, 1.165) is 19.3 Å². The van der Waals surface area contributed by atoms with Crippen molar-refractivity contribution in [1.29, 1.82) is 0 Å². The predicted molar refractivity (Wildman–Crippen MR) is 81.1 cm³/mol. The number of carbonyl (C=O) groups is 3. The number of amides is 3. The number of nitrogens with one attached hydrogen (secondary N) is 1. The van der Waals surface area contributed by atoms with Crippen LogP contribution in [0.25, 0.3) is 0 Å². The number of carbonyl (C=O) groups excluding carboxylic acids is 3. The molecule has 0 fully saturated rings. The quantitative estimate of drug-likeness (QED) is 0.601. The molecule has 0 aromatic heterocycles. The molecular formula is C15H28N2O3. The SMILES string of the molecule is CC.CC.CNC(=O)CCCCCN1C(=O)C=CC1=O. The van der Waals surface area contributed by atoms with Crippen molar-refractivity contribution < 1.29 is 14.4 Å². The zero-order valence-electron chi connectivity index (χ0n) is 13.4. The molecule has 116 valence electrons. The van der Waals surface area contributed by atoms with Crippen LogP contribution in [0.3, 0.4) is 0 Å². The molecule has 0 saturated carbocycles. The molecule has 1 aliphatic rings. The van der Waals surface area contributed by atoms with Gasteiger partial charge in [-0.1, -0.05) is 34.1 Å². The molecule has 1 aliphatic heterocycles. The van der Waals surface area contributed by atoms with E-state index in [1.165, 1.54) is 17.1 Å². The van der Waals surface area contributed by atoms with Crippen LogP contribution in [0.1, 0.15) is 53.4 Å². The van der Waals surface area contributed by atoms with Gasteiger partial charge in [-0.3, -0.25) is 19.3 Å². The summed E-state index contributed by atoms with van der Waals surface area (Å²) in [4.78, 5) is 34.4. The Morgan fingerprint density at radius 3 is 1.95 bits per heavy atom. The molecule has 5 heteroatoms. The average Bonchev–Trinajstić information content (AvgIpc) is 2.82. The fourth-order valence-corrected chi connectivity index (χ4v) is 1.51. The van der Waals surface area contributed by atoms with Crippen LogP contribution in [-0.4, -0.2) is 36.2 Å². The fraction of sp³-hybridized carbons (Fsp3) is 0.667. The van der Waals surface area contributed by atoms with Crippen LogP contribution in [-0.2, 0) is 14.4 Å². The predicted octanol–water partition coefficient (Wildman–Crippen LogP) is 2.27. The summed E-state index contributed by atoms with van der Waals surface area (Å²) in [6.45, 7) is 8.44. The lowest BCUT2D eigenvalue weighted by molar-refractivity contribution is -0.136. The molecule has 1 heterocycles. The summed E-state index contributed by atoms with van der Waals surface area (Å²) in [6.07, 6.45) is 5.43. The van der Waals surface area contributed by atoms with E-state index in [1.807, 2.05) is 27.7 Å². The van der Waals surface area contributed by atoms with Crippen LogP contribution in [0.5, 0.6) is 0 Å². The topological polar surface area (TPSA) is 66.5 Å². The highest BCUT2D eigenvalue weighted by atomic mass is 16.2. The van der Waals surface area contributed by atoms with Crippen LogP contribution >= 0.6 is 0 Å². The van der Waals surface area contributed by atoms with Crippen molar-refractivity contribution in [3.05, 3.63) is 12.2 Å². The van der Waals surface area contributed by atoms with Crippen molar-refractivity contribution in [2.24, 2.45) is 0 Å². The first-order valence-electron chi connectivity index (χ1n) is 7.39. The van der Waals surface area contributed by atoms with Gasteiger partial charge in [-0.2, -0.15) is 0 Å². The second-order valence-corrected chi connectivity index (χ2v) is 3.65. The van der Waals surface area contributed by atoms with Crippen molar-refractivity contribution in [3.8, 4) is 0 Å². The van der Waals surface area contributed by atoms with Gasteiger partial charge < -0.3 is 5.32 Å². The van der Waals surface area contributed by atoms with Gasteiger partial charge in [0.2, 0.25) is 5.91 Å². The van der Waals surface area contributed by atoms with Gasteiger partial charge in [-0.25, -0.2) is 0 Å². The standard InChI is InChI=1S/C11H16N2O3.2C2H6/c1-12-9(14)5-3-2-4-8-13-10(15)6-7-11(13)16;2*1-2/h6-7H,2-5,8H2,1H3,(H,12,14);2*1-2H3. The molecule has 0 atom stereocenters. The van der Waals surface area contributed by atoms with Gasteiger partial charge in [-0.05, 0) is 12.8 Å². The Hall–Kier alpha value is -1.65. The fourth-order valence-electron chi connectivity index (χ4n) is 1.51. The maximum atomic E-state index is 11.2. The summed E-state index contributed by atoms with van der Waals surface area (Å²) in [5.74, 6) is -0.456. The number of rotatable bonds is 6. The molecule has 0 radical (unpaired) electrons. The first kappa shape index (κ1) is 20.7. The molecule has 0 spiro atoms. The smallest absolute Gasteiger partial charge is 0.253 e. The molecule has 0 unspecified atom stereocenters. The summed E-state index contributed by atoms with van der Waals surface area (Å²) in [7, 11) is 1.61. The molecular weight excluding hydrogens is 256 g/mol.